The predicted octanol–water partition coefficient (Wildman–Crippen LogP) is 3.06. The Bertz CT molecular complexity index is 534. The normalized spacial score (nSPS) is 16.9. The molecule has 4 nitrogen and oxygen atoms in total. The molecule has 1 saturated carbocycles. The predicted molar refractivity (Wildman–Crippen MR) is 88.1 cm³/mol. The van der Waals surface area contributed by atoms with Crippen LogP contribution < -0.4 is 5.32 Å². The Morgan fingerprint density at radius 1 is 1.38 bits per heavy atom. The SMILES string of the molecule is CCCNCc1sccc1S(=O)(=O)N(C)CC1CCCC1. The van der Waals surface area contributed by atoms with Crippen LogP contribution in [0.4, 0.5) is 0 Å². The molecule has 0 radical (unpaired) electrons. The smallest absolute Gasteiger partial charge is 0.243 e. The summed E-state index contributed by atoms with van der Waals surface area (Å²) in [5.41, 5.74) is 0. The van der Waals surface area contributed by atoms with Gasteiger partial charge in [0.1, 0.15) is 0 Å². The fourth-order valence-electron chi connectivity index (χ4n) is 2.89. The Labute approximate surface area is 132 Å². The summed E-state index contributed by atoms with van der Waals surface area (Å²) in [4.78, 5) is 1.40. The quantitative estimate of drug-likeness (QED) is 0.745. The van der Waals surface area contributed by atoms with Crippen LogP contribution in [-0.4, -0.2) is 32.9 Å². The number of hydrogen-bond donors (Lipinski definition) is 1. The molecule has 1 N–H and O–H groups in total. The number of rotatable bonds is 8. The first-order valence-corrected chi connectivity index (χ1v) is 10.1. The summed E-state index contributed by atoms with van der Waals surface area (Å²) >= 11 is 1.52. The van der Waals surface area contributed by atoms with E-state index in [1.807, 2.05) is 5.38 Å². The molecular formula is C15H26N2O2S2. The van der Waals surface area contributed by atoms with Crippen LogP contribution in [0.2, 0.25) is 0 Å². The molecule has 0 bridgehead atoms. The second-order valence-electron chi connectivity index (χ2n) is 5.82. The van der Waals surface area contributed by atoms with Gasteiger partial charge in [0.05, 0.1) is 4.90 Å². The maximum absolute atomic E-state index is 12.7. The molecule has 2 rings (SSSR count). The van der Waals surface area contributed by atoms with E-state index in [1.54, 1.807) is 17.4 Å². The largest absolute Gasteiger partial charge is 0.312 e. The first kappa shape index (κ1) is 16.9. The van der Waals surface area contributed by atoms with Crippen molar-refractivity contribution < 1.29 is 8.42 Å². The first-order valence-electron chi connectivity index (χ1n) is 7.79. The highest BCUT2D eigenvalue weighted by Crippen LogP contribution is 2.29. The van der Waals surface area contributed by atoms with Crippen molar-refractivity contribution in [3.63, 3.8) is 0 Å². The number of nitrogens with zero attached hydrogens (tertiary/aromatic N) is 1. The molecule has 0 unspecified atom stereocenters. The molecule has 1 aliphatic carbocycles. The van der Waals surface area contributed by atoms with E-state index < -0.39 is 10.0 Å². The number of thiophene rings is 1. The highest BCUT2D eigenvalue weighted by atomic mass is 32.2. The number of nitrogens with one attached hydrogen (secondary N) is 1. The van der Waals surface area contributed by atoms with Crippen LogP contribution in [0.15, 0.2) is 16.3 Å². The van der Waals surface area contributed by atoms with Gasteiger partial charge in [0.15, 0.2) is 0 Å². The van der Waals surface area contributed by atoms with Crippen LogP contribution >= 0.6 is 11.3 Å². The van der Waals surface area contributed by atoms with Gasteiger partial charge in [-0.2, -0.15) is 0 Å². The minimum Gasteiger partial charge on any atom is -0.312 e. The summed E-state index contributed by atoms with van der Waals surface area (Å²) in [5.74, 6) is 0.532. The van der Waals surface area contributed by atoms with Gasteiger partial charge in [-0.15, -0.1) is 11.3 Å². The summed E-state index contributed by atoms with van der Waals surface area (Å²) in [6.45, 7) is 4.31. The summed E-state index contributed by atoms with van der Waals surface area (Å²) in [7, 11) is -1.63. The van der Waals surface area contributed by atoms with Crippen molar-refractivity contribution in [3.8, 4) is 0 Å². The molecule has 1 aliphatic rings. The van der Waals surface area contributed by atoms with Gasteiger partial charge < -0.3 is 5.32 Å². The zero-order chi connectivity index (χ0) is 15.3. The molecule has 1 aromatic heterocycles. The van der Waals surface area contributed by atoms with Crippen molar-refractivity contribution in [1.82, 2.24) is 9.62 Å². The monoisotopic (exact) mass is 330 g/mol. The lowest BCUT2D eigenvalue weighted by Gasteiger charge is -2.21. The lowest BCUT2D eigenvalue weighted by Crippen LogP contribution is -2.31. The maximum Gasteiger partial charge on any atom is 0.243 e. The highest BCUT2D eigenvalue weighted by Gasteiger charge is 2.27. The van der Waals surface area contributed by atoms with Gasteiger partial charge in [0.25, 0.3) is 0 Å². The minimum absolute atomic E-state index is 0.483. The van der Waals surface area contributed by atoms with Gasteiger partial charge in [-0.1, -0.05) is 19.8 Å². The lowest BCUT2D eigenvalue weighted by atomic mass is 10.1. The van der Waals surface area contributed by atoms with E-state index in [4.69, 9.17) is 0 Å². The average Bonchev–Trinajstić information content (AvgIpc) is 3.10. The lowest BCUT2D eigenvalue weighted by molar-refractivity contribution is 0.387. The maximum atomic E-state index is 12.7. The van der Waals surface area contributed by atoms with E-state index in [0.717, 1.165) is 30.7 Å². The van der Waals surface area contributed by atoms with E-state index in [2.05, 4.69) is 12.2 Å². The second-order valence-corrected chi connectivity index (χ2v) is 8.83. The van der Waals surface area contributed by atoms with Crippen molar-refractivity contribution in [3.05, 3.63) is 16.3 Å². The molecule has 0 aliphatic heterocycles. The van der Waals surface area contributed by atoms with E-state index in [1.165, 1.54) is 24.2 Å². The molecule has 0 saturated heterocycles. The summed E-state index contributed by atoms with van der Waals surface area (Å²) in [5, 5.41) is 5.16. The van der Waals surface area contributed by atoms with E-state index in [0.29, 0.717) is 23.9 Å². The molecule has 0 spiro atoms. The second kappa shape index (κ2) is 7.72. The Morgan fingerprint density at radius 3 is 2.76 bits per heavy atom. The standard InChI is InChI=1S/C15H26N2O2S2/c1-3-9-16-11-14-15(8-10-20-14)21(18,19)17(2)12-13-6-4-5-7-13/h8,10,13,16H,3-7,9,11-12H2,1-2H3. The van der Waals surface area contributed by atoms with Gasteiger partial charge >= 0.3 is 0 Å². The van der Waals surface area contributed by atoms with Gasteiger partial charge in [0, 0.05) is 25.0 Å². The Morgan fingerprint density at radius 2 is 2.10 bits per heavy atom. The molecule has 1 heterocycles. The summed E-state index contributed by atoms with van der Waals surface area (Å²) in [6, 6.07) is 1.74. The first-order chi connectivity index (χ1) is 10.1. The van der Waals surface area contributed by atoms with E-state index in [9.17, 15) is 8.42 Å². The molecule has 1 fully saturated rings. The van der Waals surface area contributed by atoms with Crippen molar-refractivity contribution in [1.29, 1.82) is 0 Å². The average molecular weight is 331 g/mol. The fourth-order valence-corrected chi connectivity index (χ4v) is 5.52. The van der Waals surface area contributed by atoms with Crippen LogP contribution in [0, 0.1) is 5.92 Å². The zero-order valence-electron chi connectivity index (χ0n) is 13.0. The van der Waals surface area contributed by atoms with Crippen molar-refractivity contribution >= 4 is 21.4 Å². The van der Waals surface area contributed by atoms with E-state index >= 15 is 0 Å². The van der Waals surface area contributed by atoms with Crippen LogP contribution in [0.25, 0.3) is 0 Å². The van der Waals surface area contributed by atoms with Crippen molar-refractivity contribution in [2.24, 2.45) is 5.92 Å². The third-order valence-corrected chi connectivity index (χ3v) is 7.05. The molecule has 0 aromatic carbocycles. The molecule has 1 aromatic rings. The molecule has 0 atom stereocenters. The van der Waals surface area contributed by atoms with Crippen LogP contribution in [0.5, 0.6) is 0 Å². The van der Waals surface area contributed by atoms with Crippen molar-refractivity contribution in [2.75, 3.05) is 20.1 Å². The fraction of sp³-hybridized carbons (Fsp3) is 0.733. The summed E-state index contributed by atoms with van der Waals surface area (Å²) < 4.78 is 27.0. The molecule has 21 heavy (non-hydrogen) atoms. The van der Waals surface area contributed by atoms with Gasteiger partial charge in [-0.05, 0) is 43.2 Å². The highest BCUT2D eigenvalue weighted by molar-refractivity contribution is 7.89. The number of hydrogen-bond acceptors (Lipinski definition) is 4. The Balaban J connectivity index is 2.05. The number of sulfonamides is 1. The van der Waals surface area contributed by atoms with Gasteiger partial charge in [-0.3, -0.25) is 0 Å². The molecule has 6 heteroatoms. The van der Waals surface area contributed by atoms with Crippen molar-refractivity contribution in [2.45, 2.75) is 50.5 Å². The van der Waals surface area contributed by atoms with Gasteiger partial charge in [-0.25, -0.2) is 12.7 Å². The van der Waals surface area contributed by atoms with Gasteiger partial charge in [0.2, 0.25) is 10.0 Å². The van der Waals surface area contributed by atoms with E-state index in [-0.39, 0.29) is 0 Å². The summed E-state index contributed by atoms with van der Waals surface area (Å²) in [6.07, 6.45) is 5.85. The molecular weight excluding hydrogens is 304 g/mol. The topological polar surface area (TPSA) is 49.4 Å². The van der Waals surface area contributed by atoms with Crippen LogP contribution in [0.1, 0.15) is 43.9 Å². The third-order valence-electron chi connectivity index (χ3n) is 4.10. The van der Waals surface area contributed by atoms with Crippen LogP contribution in [0.3, 0.4) is 0 Å². The zero-order valence-corrected chi connectivity index (χ0v) is 14.6. The third kappa shape index (κ3) is 4.28. The van der Waals surface area contributed by atoms with Crippen LogP contribution in [-0.2, 0) is 16.6 Å². The molecule has 0 amide bonds. The minimum atomic E-state index is -3.35. The Hall–Kier alpha value is -0.430. The Kier molecular flexibility index (Phi) is 6.22. The molecule has 120 valence electrons.